The molecule has 18 heavy (non-hydrogen) atoms. The minimum absolute atomic E-state index is 0.654. The summed E-state index contributed by atoms with van der Waals surface area (Å²) in [6.07, 6.45) is 4.26. The minimum atomic E-state index is 0.654. The van der Waals surface area contributed by atoms with Crippen molar-refractivity contribution in [3.8, 4) is 10.7 Å². The molecule has 90 valence electrons. The molecule has 0 saturated heterocycles. The second-order valence-corrected chi connectivity index (χ2v) is 4.59. The molecule has 0 radical (unpaired) electrons. The third-order valence-electron chi connectivity index (χ3n) is 2.48. The predicted molar refractivity (Wildman–Crippen MR) is 67.1 cm³/mol. The van der Waals surface area contributed by atoms with E-state index < -0.39 is 0 Å². The van der Waals surface area contributed by atoms with Crippen molar-refractivity contribution in [2.75, 3.05) is 0 Å². The first-order valence-corrected chi connectivity index (χ1v) is 6.20. The van der Waals surface area contributed by atoms with E-state index in [1.165, 1.54) is 11.5 Å². The number of hydrogen-bond donors (Lipinski definition) is 1. The third-order valence-corrected chi connectivity index (χ3v) is 3.30. The molecule has 6 nitrogen and oxygen atoms in total. The number of aromatic amines is 1. The molecule has 0 spiro atoms. The van der Waals surface area contributed by atoms with Gasteiger partial charge in [0.25, 0.3) is 0 Å². The lowest BCUT2D eigenvalue weighted by molar-refractivity contribution is 0.966. The molecule has 3 aromatic heterocycles. The number of aromatic nitrogens is 6. The number of aryl methyl sites for hydroxylation is 1. The first-order chi connectivity index (χ1) is 8.83. The molecule has 0 aromatic carbocycles. The number of rotatable bonds is 3. The molecule has 3 aromatic rings. The molecular formula is C11H10N6S. The summed E-state index contributed by atoms with van der Waals surface area (Å²) >= 11 is 1.30. The Bertz CT molecular complexity index is 644. The molecule has 0 aliphatic carbocycles. The van der Waals surface area contributed by atoms with Crippen molar-refractivity contribution in [1.82, 2.24) is 29.8 Å². The molecule has 0 unspecified atom stereocenters. The van der Waals surface area contributed by atoms with Gasteiger partial charge >= 0.3 is 0 Å². The highest BCUT2D eigenvalue weighted by atomic mass is 32.1. The van der Waals surface area contributed by atoms with Crippen LogP contribution in [0.15, 0.2) is 24.5 Å². The van der Waals surface area contributed by atoms with Crippen molar-refractivity contribution in [3.63, 3.8) is 0 Å². The Morgan fingerprint density at radius 1 is 1.39 bits per heavy atom. The van der Waals surface area contributed by atoms with Crippen LogP contribution < -0.4 is 0 Å². The highest BCUT2D eigenvalue weighted by Gasteiger charge is 2.12. The maximum Gasteiger partial charge on any atom is 0.194 e. The van der Waals surface area contributed by atoms with E-state index in [9.17, 15) is 0 Å². The van der Waals surface area contributed by atoms with E-state index in [1.54, 1.807) is 6.20 Å². The first kappa shape index (κ1) is 11.0. The Morgan fingerprint density at radius 3 is 3.06 bits per heavy atom. The van der Waals surface area contributed by atoms with E-state index in [0.717, 1.165) is 22.0 Å². The van der Waals surface area contributed by atoms with Crippen LogP contribution in [0.3, 0.4) is 0 Å². The van der Waals surface area contributed by atoms with Gasteiger partial charge in [-0.1, -0.05) is 10.6 Å². The van der Waals surface area contributed by atoms with Gasteiger partial charge in [-0.15, -0.1) is 5.10 Å². The number of pyridine rings is 1. The van der Waals surface area contributed by atoms with Crippen LogP contribution in [-0.4, -0.2) is 29.8 Å². The molecule has 0 bridgehead atoms. The van der Waals surface area contributed by atoms with Crippen LogP contribution in [0.1, 0.15) is 17.1 Å². The second kappa shape index (κ2) is 4.61. The topological polar surface area (TPSA) is 80.2 Å². The van der Waals surface area contributed by atoms with Gasteiger partial charge in [-0.25, -0.2) is 4.98 Å². The highest BCUT2D eigenvalue weighted by molar-refractivity contribution is 7.09. The van der Waals surface area contributed by atoms with Crippen molar-refractivity contribution in [2.24, 2.45) is 0 Å². The fourth-order valence-corrected chi connectivity index (χ4v) is 2.20. The van der Waals surface area contributed by atoms with Crippen molar-refractivity contribution < 1.29 is 0 Å². The summed E-state index contributed by atoms with van der Waals surface area (Å²) < 4.78 is 3.88. The van der Waals surface area contributed by atoms with Gasteiger partial charge in [-0.05, 0) is 30.1 Å². The molecule has 0 amide bonds. The number of hydrogen-bond acceptors (Lipinski definition) is 6. The molecule has 3 heterocycles. The van der Waals surface area contributed by atoms with Crippen LogP contribution >= 0.6 is 11.5 Å². The Morgan fingerprint density at radius 2 is 2.33 bits per heavy atom. The second-order valence-electron chi connectivity index (χ2n) is 3.83. The normalized spacial score (nSPS) is 10.7. The van der Waals surface area contributed by atoms with Gasteiger partial charge in [0.15, 0.2) is 5.82 Å². The van der Waals surface area contributed by atoms with E-state index in [-0.39, 0.29) is 0 Å². The number of nitrogens with zero attached hydrogens (tertiary/aromatic N) is 5. The van der Waals surface area contributed by atoms with Crippen molar-refractivity contribution >= 4 is 11.5 Å². The maximum absolute atomic E-state index is 4.44. The Hall–Kier alpha value is -2.15. The molecule has 0 aliphatic heterocycles. The summed E-state index contributed by atoms with van der Waals surface area (Å²) in [5, 5.41) is 11.1. The number of nitrogens with one attached hydrogen (secondary N) is 1. The largest absolute Gasteiger partial charge is 0.264 e. The third kappa shape index (κ3) is 2.12. The van der Waals surface area contributed by atoms with E-state index in [2.05, 4.69) is 29.8 Å². The molecule has 0 saturated carbocycles. The standard InChI is InChI=1S/C11H10N6S/c1-7-10(18-17-14-7)11-13-9(15-16-11)5-8-3-2-4-12-6-8/h2-4,6H,5H2,1H3,(H,13,15,16). The Kier molecular flexibility index (Phi) is 2.81. The van der Waals surface area contributed by atoms with Crippen LogP contribution in [-0.2, 0) is 6.42 Å². The van der Waals surface area contributed by atoms with E-state index >= 15 is 0 Å². The van der Waals surface area contributed by atoms with Crippen LogP contribution in [0.25, 0.3) is 10.7 Å². The lowest BCUT2D eigenvalue weighted by Crippen LogP contribution is -1.91. The van der Waals surface area contributed by atoms with Crippen molar-refractivity contribution in [2.45, 2.75) is 13.3 Å². The maximum atomic E-state index is 4.44. The molecular weight excluding hydrogens is 248 g/mol. The van der Waals surface area contributed by atoms with Gasteiger partial charge in [-0.3, -0.25) is 10.1 Å². The molecule has 1 N–H and O–H groups in total. The summed E-state index contributed by atoms with van der Waals surface area (Å²) in [6, 6.07) is 3.92. The van der Waals surface area contributed by atoms with Gasteiger partial charge in [0.1, 0.15) is 10.7 Å². The predicted octanol–water partition coefficient (Wildman–Crippen LogP) is 1.62. The first-order valence-electron chi connectivity index (χ1n) is 5.42. The Balaban J connectivity index is 1.84. The fraction of sp³-hybridized carbons (Fsp3) is 0.182. The smallest absolute Gasteiger partial charge is 0.194 e. The molecule has 0 fully saturated rings. The average molecular weight is 258 g/mol. The molecule has 7 heteroatoms. The van der Waals surface area contributed by atoms with Crippen molar-refractivity contribution in [3.05, 3.63) is 41.6 Å². The lowest BCUT2D eigenvalue weighted by atomic mass is 10.2. The van der Waals surface area contributed by atoms with E-state index in [4.69, 9.17) is 0 Å². The zero-order valence-corrected chi connectivity index (χ0v) is 10.5. The quantitative estimate of drug-likeness (QED) is 0.772. The average Bonchev–Trinajstić information content (AvgIpc) is 2.99. The van der Waals surface area contributed by atoms with Crippen LogP contribution in [0.4, 0.5) is 0 Å². The molecule has 0 atom stereocenters. The summed E-state index contributed by atoms with van der Waals surface area (Å²) in [6.45, 7) is 1.90. The van der Waals surface area contributed by atoms with Crippen molar-refractivity contribution in [1.29, 1.82) is 0 Å². The van der Waals surface area contributed by atoms with Crippen LogP contribution in [0.2, 0.25) is 0 Å². The van der Waals surface area contributed by atoms with Gasteiger partial charge in [-0.2, -0.15) is 5.10 Å². The Labute approximate surface area is 107 Å². The summed E-state index contributed by atoms with van der Waals surface area (Å²) in [7, 11) is 0. The lowest BCUT2D eigenvalue weighted by Gasteiger charge is -1.94. The highest BCUT2D eigenvalue weighted by Crippen LogP contribution is 2.21. The van der Waals surface area contributed by atoms with Gasteiger partial charge in [0.2, 0.25) is 0 Å². The van der Waals surface area contributed by atoms with Crippen LogP contribution in [0.5, 0.6) is 0 Å². The SMILES string of the molecule is Cc1nnsc1-c1n[nH]c(Cc2cccnc2)n1. The molecule has 0 aliphatic rings. The molecule has 3 rings (SSSR count). The van der Waals surface area contributed by atoms with Crippen LogP contribution in [0, 0.1) is 6.92 Å². The number of H-pyrrole nitrogens is 1. The zero-order chi connectivity index (χ0) is 12.4. The summed E-state index contributed by atoms with van der Waals surface area (Å²) in [5.41, 5.74) is 1.95. The van der Waals surface area contributed by atoms with Gasteiger partial charge < -0.3 is 0 Å². The monoisotopic (exact) mass is 258 g/mol. The summed E-state index contributed by atoms with van der Waals surface area (Å²) in [4.78, 5) is 9.42. The fourth-order valence-electron chi connectivity index (χ4n) is 1.61. The van der Waals surface area contributed by atoms with Gasteiger partial charge in [0.05, 0.1) is 5.69 Å². The van der Waals surface area contributed by atoms with Gasteiger partial charge in [0, 0.05) is 18.8 Å². The minimum Gasteiger partial charge on any atom is -0.264 e. The van der Waals surface area contributed by atoms with E-state index in [0.29, 0.717) is 12.2 Å². The summed E-state index contributed by atoms with van der Waals surface area (Å²) in [5.74, 6) is 1.46. The van der Waals surface area contributed by atoms with E-state index in [1.807, 2.05) is 25.3 Å². The zero-order valence-electron chi connectivity index (χ0n) is 9.66.